The Hall–Kier alpha value is -1.42. The Labute approximate surface area is 89.9 Å². The second-order valence-corrected chi connectivity index (χ2v) is 4.01. The van der Waals surface area contributed by atoms with Crippen molar-refractivity contribution in [1.29, 1.82) is 0 Å². The van der Waals surface area contributed by atoms with Gasteiger partial charge in [0.1, 0.15) is 0 Å². The molecular weight excluding hydrogens is 190 g/mol. The number of carbonyl (C=O) groups is 1. The molecule has 0 aliphatic rings. The van der Waals surface area contributed by atoms with E-state index in [0.29, 0.717) is 5.69 Å². The van der Waals surface area contributed by atoms with E-state index in [0.717, 1.165) is 5.56 Å². The van der Waals surface area contributed by atoms with Gasteiger partial charge in [-0.05, 0) is 24.5 Å². The van der Waals surface area contributed by atoms with Gasteiger partial charge >= 0.3 is 0 Å². The molecule has 1 rings (SSSR count). The third-order valence-corrected chi connectivity index (χ3v) is 2.16. The van der Waals surface area contributed by atoms with Crippen molar-refractivity contribution in [3.63, 3.8) is 0 Å². The van der Waals surface area contributed by atoms with Crippen LogP contribution in [0.15, 0.2) is 18.5 Å². The van der Waals surface area contributed by atoms with Gasteiger partial charge in [0.2, 0.25) is 5.91 Å². The van der Waals surface area contributed by atoms with Gasteiger partial charge in [-0.2, -0.15) is 0 Å². The van der Waals surface area contributed by atoms with Crippen LogP contribution in [0.4, 0.5) is 5.69 Å². The van der Waals surface area contributed by atoms with E-state index >= 15 is 0 Å². The molecule has 1 amide bonds. The van der Waals surface area contributed by atoms with Gasteiger partial charge < -0.3 is 11.1 Å². The Morgan fingerprint density at radius 2 is 2.13 bits per heavy atom. The maximum absolute atomic E-state index is 11.6. The van der Waals surface area contributed by atoms with Gasteiger partial charge in [-0.15, -0.1) is 0 Å². The normalized spacial score (nSPS) is 12.6. The highest BCUT2D eigenvalue weighted by atomic mass is 16.2. The summed E-state index contributed by atoms with van der Waals surface area (Å²) < 4.78 is 0. The Kier molecular flexibility index (Phi) is 3.80. The lowest BCUT2D eigenvalue weighted by atomic mass is 10.1. The van der Waals surface area contributed by atoms with Crippen molar-refractivity contribution in [2.45, 2.75) is 26.8 Å². The molecule has 3 N–H and O–H groups in total. The summed E-state index contributed by atoms with van der Waals surface area (Å²) in [6.07, 6.45) is 3.34. The number of hydrogen-bond donors (Lipinski definition) is 2. The third-order valence-electron chi connectivity index (χ3n) is 2.16. The first-order valence-corrected chi connectivity index (χ1v) is 4.99. The smallest absolute Gasteiger partial charge is 0.241 e. The second kappa shape index (κ2) is 4.89. The zero-order chi connectivity index (χ0) is 11.4. The van der Waals surface area contributed by atoms with Crippen LogP contribution in [0.5, 0.6) is 0 Å². The van der Waals surface area contributed by atoms with Crippen LogP contribution in [0.2, 0.25) is 0 Å². The maximum Gasteiger partial charge on any atom is 0.241 e. The highest BCUT2D eigenvalue weighted by Crippen LogP contribution is 2.08. The summed E-state index contributed by atoms with van der Waals surface area (Å²) >= 11 is 0. The molecule has 4 heteroatoms. The number of aryl methyl sites for hydroxylation is 1. The lowest BCUT2D eigenvalue weighted by Crippen LogP contribution is -2.39. The van der Waals surface area contributed by atoms with Crippen molar-refractivity contribution < 1.29 is 4.79 Å². The van der Waals surface area contributed by atoms with E-state index in [-0.39, 0.29) is 11.8 Å². The zero-order valence-corrected chi connectivity index (χ0v) is 9.32. The molecule has 0 fully saturated rings. The lowest BCUT2D eigenvalue weighted by molar-refractivity contribution is -0.118. The molecule has 4 nitrogen and oxygen atoms in total. The van der Waals surface area contributed by atoms with Gasteiger partial charge in [0.15, 0.2) is 0 Å². The number of hydrogen-bond acceptors (Lipinski definition) is 3. The molecule has 1 aromatic rings. The van der Waals surface area contributed by atoms with Crippen molar-refractivity contribution in [2.24, 2.45) is 11.7 Å². The first-order valence-electron chi connectivity index (χ1n) is 4.99. The molecule has 0 aromatic carbocycles. The fourth-order valence-corrected chi connectivity index (χ4v) is 1.15. The number of nitrogens with one attached hydrogen (secondary N) is 1. The predicted molar refractivity (Wildman–Crippen MR) is 60.4 cm³/mol. The highest BCUT2D eigenvalue weighted by molar-refractivity contribution is 5.94. The summed E-state index contributed by atoms with van der Waals surface area (Å²) in [6.45, 7) is 5.75. The number of pyridine rings is 1. The fourth-order valence-electron chi connectivity index (χ4n) is 1.15. The Morgan fingerprint density at radius 3 is 2.67 bits per heavy atom. The van der Waals surface area contributed by atoms with Crippen LogP contribution in [-0.4, -0.2) is 16.9 Å². The number of carbonyl (C=O) groups excluding carboxylic acids is 1. The van der Waals surface area contributed by atoms with Gasteiger partial charge in [0.25, 0.3) is 0 Å². The SMILES string of the molecule is Cc1cncc(NC(=O)[C@@H](N)C(C)C)c1. The molecule has 0 spiro atoms. The van der Waals surface area contributed by atoms with Gasteiger partial charge in [0, 0.05) is 6.20 Å². The molecule has 15 heavy (non-hydrogen) atoms. The van der Waals surface area contributed by atoms with E-state index in [9.17, 15) is 4.79 Å². The van der Waals surface area contributed by atoms with E-state index in [1.54, 1.807) is 12.4 Å². The monoisotopic (exact) mass is 207 g/mol. The van der Waals surface area contributed by atoms with Crippen LogP contribution in [0.3, 0.4) is 0 Å². The maximum atomic E-state index is 11.6. The molecule has 0 aliphatic heterocycles. The van der Waals surface area contributed by atoms with Crippen molar-refractivity contribution in [3.05, 3.63) is 24.0 Å². The van der Waals surface area contributed by atoms with Crippen LogP contribution in [0.25, 0.3) is 0 Å². The largest absolute Gasteiger partial charge is 0.323 e. The zero-order valence-electron chi connectivity index (χ0n) is 9.32. The molecule has 1 heterocycles. The average Bonchev–Trinajstić information content (AvgIpc) is 2.16. The van der Waals surface area contributed by atoms with Gasteiger partial charge in [0.05, 0.1) is 17.9 Å². The first-order chi connectivity index (χ1) is 7.00. The first kappa shape index (κ1) is 11.7. The Morgan fingerprint density at radius 1 is 1.47 bits per heavy atom. The van der Waals surface area contributed by atoms with Crippen LogP contribution >= 0.6 is 0 Å². The summed E-state index contributed by atoms with van der Waals surface area (Å²) in [6, 6.07) is 1.38. The van der Waals surface area contributed by atoms with Crippen LogP contribution in [-0.2, 0) is 4.79 Å². The van der Waals surface area contributed by atoms with E-state index in [1.165, 1.54) is 0 Å². The lowest BCUT2D eigenvalue weighted by Gasteiger charge is -2.15. The predicted octanol–water partition coefficient (Wildman–Crippen LogP) is 1.31. The number of aromatic nitrogens is 1. The minimum Gasteiger partial charge on any atom is -0.323 e. The Balaban J connectivity index is 2.66. The van der Waals surface area contributed by atoms with Crippen LogP contribution < -0.4 is 11.1 Å². The van der Waals surface area contributed by atoms with Crippen molar-refractivity contribution in [2.75, 3.05) is 5.32 Å². The molecule has 82 valence electrons. The number of nitrogens with two attached hydrogens (primary N) is 1. The summed E-state index contributed by atoms with van der Waals surface area (Å²) in [5, 5.41) is 2.74. The Bertz CT molecular complexity index is 349. The third kappa shape index (κ3) is 3.32. The van der Waals surface area contributed by atoms with Crippen LogP contribution in [0, 0.1) is 12.8 Å². The molecule has 0 saturated carbocycles. The van der Waals surface area contributed by atoms with E-state index in [1.807, 2.05) is 26.8 Å². The van der Waals surface area contributed by atoms with Gasteiger partial charge in [-0.3, -0.25) is 9.78 Å². The summed E-state index contributed by atoms with van der Waals surface area (Å²) in [5.41, 5.74) is 7.41. The van der Waals surface area contributed by atoms with Crippen molar-refractivity contribution in [3.8, 4) is 0 Å². The minimum absolute atomic E-state index is 0.128. The topological polar surface area (TPSA) is 68.0 Å². The minimum atomic E-state index is -0.481. The summed E-state index contributed by atoms with van der Waals surface area (Å²) in [7, 11) is 0. The van der Waals surface area contributed by atoms with Gasteiger partial charge in [-0.25, -0.2) is 0 Å². The van der Waals surface area contributed by atoms with Crippen molar-refractivity contribution in [1.82, 2.24) is 4.98 Å². The molecule has 0 bridgehead atoms. The average molecular weight is 207 g/mol. The highest BCUT2D eigenvalue weighted by Gasteiger charge is 2.16. The molecule has 0 unspecified atom stereocenters. The molecule has 0 aliphatic carbocycles. The standard InChI is InChI=1S/C11H17N3O/c1-7(2)10(12)11(15)14-9-4-8(3)5-13-6-9/h4-7,10H,12H2,1-3H3,(H,14,15)/t10-/m0/s1. The molecular formula is C11H17N3O. The second-order valence-electron chi connectivity index (χ2n) is 4.01. The van der Waals surface area contributed by atoms with E-state index < -0.39 is 6.04 Å². The molecule has 0 saturated heterocycles. The number of anilines is 1. The quantitative estimate of drug-likeness (QED) is 0.785. The van der Waals surface area contributed by atoms with E-state index in [2.05, 4.69) is 10.3 Å². The molecule has 0 radical (unpaired) electrons. The summed E-state index contributed by atoms with van der Waals surface area (Å²) in [4.78, 5) is 15.6. The van der Waals surface area contributed by atoms with E-state index in [4.69, 9.17) is 5.73 Å². The number of amides is 1. The fraction of sp³-hybridized carbons (Fsp3) is 0.455. The van der Waals surface area contributed by atoms with Crippen molar-refractivity contribution >= 4 is 11.6 Å². The van der Waals surface area contributed by atoms with Crippen LogP contribution in [0.1, 0.15) is 19.4 Å². The molecule has 1 atom stereocenters. The summed E-state index contributed by atoms with van der Waals surface area (Å²) in [5.74, 6) is -0.0415. The molecule has 1 aromatic heterocycles. The van der Waals surface area contributed by atoms with Gasteiger partial charge in [-0.1, -0.05) is 13.8 Å². The number of rotatable bonds is 3. The number of nitrogens with zero attached hydrogens (tertiary/aromatic N) is 1.